The van der Waals surface area contributed by atoms with Crippen molar-refractivity contribution in [1.82, 2.24) is 0 Å². The van der Waals surface area contributed by atoms with Gasteiger partial charge < -0.3 is 5.73 Å². The van der Waals surface area contributed by atoms with Gasteiger partial charge >= 0.3 is 0 Å². The summed E-state index contributed by atoms with van der Waals surface area (Å²) >= 11 is 0. The zero-order valence-corrected chi connectivity index (χ0v) is 9.07. The van der Waals surface area contributed by atoms with Crippen LogP contribution in [-0.4, -0.2) is 11.6 Å². The molecule has 0 radical (unpaired) electrons. The van der Waals surface area contributed by atoms with Gasteiger partial charge in [0, 0.05) is 11.0 Å². The smallest absolute Gasteiger partial charge is 0.0613 e. The Morgan fingerprint density at radius 3 is 2.57 bits per heavy atom. The van der Waals surface area contributed by atoms with Crippen LogP contribution in [0.15, 0.2) is 5.11 Å². The topological polar surface area (TPSA) is 74.8 Å². The van der Waals surface area contributed by atoms with Gasteiger partial charge in [0.15, 0.2) is 0 Å². The molecule has 4 heteroatoms. The zero-order chi connectivity index (χ0) is 10.6. The van der Waals surface area contributed by atoms with Crippen molar-refractivity contribution >= 4 is 0 Å². The molecule has 4 nitrogen and oxygen atoms in total. The number of fused-ring (bicyclic) bond motifs is 1. The zero-order valence-electron chi connectivity index (χ0n) is 9.07. The Hall–Kier alpha value is -0.730. The molecule has 2 rings (SSSR count). The van der Waals surface area contributed by atoms with Crippen molar-refractivity contribution in [3.05, 3.63) is 10.4 Å². The largest absolute Gasteiger partial charge is 0.327 e. The summed E-state index contributed by atoms with van der Waals surface area (Å²) < 4.78 is 0. The molecule has 0 aliphatic heterocycles. The van der Waals surface area contributed by atoms with Crippen molar-refractivity contribution < 1.29 is 0 Å². The number of nitrogens with two attached hydrogens (primary N) is 1. The predicted molar refractivity (Wildman–Crippen MR) is 55.5 cm³/mol. The van der Waals surface area contributed by atoms with E-state index in [0.29, 0.717) is 11.3 Å². The molecule has 14 heavy (non-hydrogen) atoms. The molecular formula is C10H18N4. The van der Waals surface area contributed by atoms with Gasteiger partial charge in [-0.25, -0.2) is 0 Å². The van der Waals surface area contributed by atoms with E-state index in [1.165, 1.54) is 0 Å². The van der Waals surface area contributed by atoms with Crippen LogP contribution in [0.4, 0.5) is 0 Å². The first-order valence-corrected chi connectivity index (χ1v) is 5.23. The molecule has 2 aliphatic rings. The highest BCUT2D eigenvalue weighted by molar-refractivity contribution is 5.16. The second-order valence-corrected chi connectivity index (χ2v) is 5.63. The highest BCUT2D eigenvalue weighted by Crippen LogP contribution is 2.66. The van der Waals surface area contributed by atoms with Crippen molar-refractivity contribution in [3.63, 3.8) is 0 Å². The molecule has 0 saturated heterocycles. The van der Waals surface area contributed by atoms with Gasteiger partial charge in [-0.3, -0.25) is 0 Å². The third-order valence-corrected chi connectivity index (χ3v) is 4.50. The lowest BCUT2D eigenvalue weighted by atomic mass is 9.80. The van der Waals surface area contributed by atoms with Gasteiger partial charge in [-0.15, -0.1) is 0 Å². The Morgan fingerprint density at radius 1 is 1.36 bits per heavy atom. The molecule has 2 saturated carbocycles. The summed E-state index contributed by atoms with van der Waals surface area (Å²) in [6, 6.07) is 0.0291. The van der Waals surface area contributed by atoms with Gasteiger partial charge in [0.05, 0.1) is 5.54 Å². The van der Waals surface area contributed by atoms with Crippen LogP contribution < -0.4 is 5.73 Å². The van der Waals surface area contributed by atoms with Crippen molar-refractivity contribution in [2.75, 3.05) is 0 Å². The Bertz CT molecular complexity index is 305. The fourth-order valence-electron chi connectivity index (χ4n) is 3.07. The van der Waals surface area contributed by atoms with E-state index < -0.39 is 0 Å². The average Bonchev–Trinajstić information content (AvgIpc) is 2.56. The molecule has 4 atom stereocenters. The van der Waals surface area contributed by atoms with Crippen molar-refractivity contribution in [3.8, 4) is 0 Å². The van der Waals surface area contributed by atoms with E-state index in [1.807, 2.05) is 6.92 Å². The van der Waals surface area contributed by atoms with Crippen LogP contribution >= 0.6 is 0 Å². The second-order valence-electron chi connectivity index (χ2n) is 5.63. The molecule has 0 aromatic heterocycles. The maximum absolute atomic E-state index is 8.53. The molecule has 4 unspecified atom stereocenters. The highest BCUT2D eigenvalue weighted by atomic mass is 15.2. The fraction of sp³-hybridized carbons (Fsp3) is 1.00. The summed E-state index contributed by atoms with van der Waals surface area (Å²) in [5.41, 5.74) is 14.7. The van der Waals surface area contributed by atoms with Crippen molar-refractivity contribution in [2.24, 2.45) is 28.1 Å². The van der Waals surface area contributed by atoms with E-state index in [1.54, 1.807) is 0 Å². The standard InChI is InChI=1S/C10H18N4/c1-9(2)6-4-8(11)10(3,13-14-12)5-7(6)9/h6-8H,4-5,11H2,1-3H3. The molecule has 78 valence electrons. The minimum Gasteiger partial charge on any atom is -0.327 e. The number of hydrogen-bond donors (Lipinski definition) is 1. The van der Waals surface area contributed by atoms with Gasteiger partial charge in [-0.1, -0.05) is 25.9 Å². The molecule has 2 aliphatic carbocycles. The van der Waals surface area contributed by atoms with Gasteiger partial charge in [-0.05, 0) is 35.6 Å². The number of rotatable bonds is 1. The first-order chi connectivity index (χ1) is 6.42. The number of azide groups is 1. The van der Waals surface area contributed by atoms with E-state index in [4.69, 9.17) is 11.3 Å². The summed E-state index contributed by atoms with van der Waals surface area (Å²) in [6.07, 6.45) is 1.96. The lowest BCUT2D eigenvalue weighted by Crippen LogP contribution is -2.46. The number of nitrogens with zero attached hydrogens (tertiary/aromatic N) is 3. The van der Waals surface area contributed by atoms with Crippen molar-refractivity contribution in [2.45, 2.75) is 45.2 Å². The molecule has 0 heterocycles. The quantitative estimate of drug-likeness (QED) is 0.388. The first-order valence-electron chi connectivity index (χ1n) is 5.23. The van der Waals surface area contributed by atoms with Gasteiger partial charge in [-0.2, -0.15) is 0 Å². The van der Waals surface area contributed by atoms with E-state index in [-0.39, 0.29) is 11.6 Å². The minimum atomic E-state index is -0.357. The number of hydrogen-bond acceptors (Lipinski definition) is 2. The first kappa shape index (κ1) is 9.81. The van der Waals surface area contributed by atoms with E-state index in [2.05, 4.69) is 23.9 Å². The Labute approximate surface area is 84.5 Å². The Balaban J connectivity index is 2.21. The normalized spacial score (nSPS) is 49.0. The van der Waals surface area contributed by atoms with Crippen LogP contribution in [0.1, 0.15) is 33.6 Å². The van der Waals surface area contributed by atoms with Crippen LogP contribution in [0.25, 0.3) is 10.4 Å². The predicted octanol–water partition coefficient (Wildman–Crippen LogP) is 2.45. The Kier molecular flexibility index (Phi) is 1.85. The summed E-state index contributed by atoms with van der Waals surface area (Å²) in [7, 11) is 0. The molecule has 0 amide bonds. The fourth-order valence-corrected chi connectivity index (χ4v) is 3.07. The maximum atomic E-state index is 8.53. The lowest BCUT2D eigenvalue weighted by Gasteiger charge is -2.34. The monoisotopic (exact) mass is 194 g/mol. The molecule has 0 aromatic carbocycles. The van der Waals surface area contributed by atoms with E-state index in [0.717, 1.165) is 18.8 Å². The minimum absolute atomic E-state index is 0.0291. The van der Waals surface area contributed by atoms with Gasteiger partial charge in [0.25, 0.3) is 0 Å². The highest BCUT2D eigenvalue weighted by Gasteiger charge is 2.63. The molecule has 0 aromatic rings. The summed E-state index contributed by atoms with van der Waals surface area (Å²) in [5, 5.41) is 3.89. The third-order valence-electron chi connectivity index (χ3n) is 4.50. The SMILES string of the molecule is CC1(N=[N+]=[N-])CC2C(CC1N)C2(C)C. The summed E-state index contributed by atoms with van der Waals surface area (Å²) in [4.78, 5) is 2.93. The Morgan fingerprint density at radius 2 is 2.00 bits per heavy atom. The lowest BCUT2D eigenvalue weighted by molar-refractivity contribution is 0.264. The molecule has 2 fully saturated rings. The average molecular weight is 194 g/mol. The van der Waals surface area contributed by atoms with Crippen LogP contribution in [-0.2, 0) is 0 Å². The van der Waals surface area contributed by atoms with E-state index >= 15 is 0 Å². The second kappa shape index (κ2) is 2.65. The van der Waals surface area contributed by atoms with Gasteiger partial charge in [0.2, 0.25) is 0 Å². The van der Waals surface area contributed by atoms with Crippen LogP contribution in [0.2, 0.25) is 0 Å². The van der Waals surface area contributed by atoms with E-state index in [9.17, 15) is 0 Å². The third kappa shape index (κ3) is 1.14. The summed E-state index contributed by atoms with van der Waals surface area (Å²) in [6.45, 7) is 6.57. The van der Waals surface area contributed by atoms with Gasteiger partial charge in [0.1, 0.15) is 0 Å². The van der Waals surface area contributed by atoms with Crippen LogP contribution in [0, 0.1) is 17.3 Å². The van der Waals surface area contributed by atoms with Crippen LogP contribution in [0.3, 0.4) is 0 Å². The van der Waals surface area contributed by atoms with Crippen molar-refractivity contribution in [1.29, 1.82) is 0 Å². The molecule has 0 spiro atoms. The summed E-state index contributed by atoms with van der Waals surface area (Å²) in [5.74, 6) is 1.46. The maximum Gasteiger partial charge on any atom is 0.0613 e. The molecular weight excluding hydrogens is 176 g/mol. The molecule has 0 bridgehead atoms. The van der Waals surface area contributed by atoms with Crippen LogP contribution in [0.5, 0.6) is 0 Å². The molecule has 2 N–H and O–H groups in total.